The van der Waals surface area contributed by atoms with Gasteiger partial charge in [-0.2, -0.15) is 0 Å². The second-order valence-electron chi connectivity index (χ2n) is 5.81. The van der Waals surface area contributed by atoms with Crippen LogP contribution < -0.4 is 10.6 Å². The molecule has 28 heavy (non-hydrogen) atoms. The molecule has 0 saturated carbocycles. The fourth-order valence-electron chi connectivity index (χ4n) is 2.64. The van der Waals surface area contributed by atoms with Crippen molar-refractivity contribution < 1.29 is 9.59 Å². The minimum absolute atomic E-state index is 0.0528. The smallest absolute Gasteiger partial charge is 0.261 e. The monoisotopic (exact) mass is 444 g/mol. The minimum atomic E-state index is -0.0528. The van der Waals surface area contributed by atoms with Crippen LogP contribution in [0.4, 0.5) is 0 Å². The normalized spacial score (nSPS) is 10.8. The van der Waals surface area contributed by atoms with Gasteiger partial charge in [0.15, 0.2) is 0 Å². The highest BCUT2D eigenvalue weighted by atomic mass is 32.1. The summed E-state index contributed by atoms with van der Waals surface area (Å²) >= 11 is 6.45. The molecule has 0 unspecified atom stereocenters. The molecule has 4 rings (SSSR count). The zero-order valence-electron chi connectivity index (χ0n) is 15.1. The van der Waals surface area contributed by atoms with Gasteiger partial charge in [0.1, 0.15) is 0 Å². The number of hydrogen-bond donors (Lipinski definition) is 2. The summed E-state index contributed by atoms with van der Waals surface area (Å²) in [6, 6.07) is 16.2. The molecule has 0 aromatic carbocycles. The van der Waals surface area contributed by atoms with Crippen molar-refractivity contribution in [1.29, 1.82) is 0 Å². The molecule has 4 aromatic heterocycles. The Morgan fingerprint density at radius 3 is 1.14 bits per heavy atom. The maximum atomic E-state index is 11.8. The summed E-state index contributed by atoms with van der Waals surface area (Å²) in [6.07, 6.45) is 0. The number of thiophene rings is 4. The first-order valence-corrected chi connectivity index (χ1v) is 11.7. The second kappa shape index (κ2) is 8.00. The molecule has 2 N–H and O–H groups in total. The van der Waals surface area contributed by atoms with E-state index in [2.05, 4.69) is 34.9 Å². The quantitative estimate of drug-likeness (QED) is 0.418. The summed E-state index contributed by atoms with van der Waals surface area (Å²) in [7, 11) is 3.29. The van der Waals surface area contributed by atoms with Gasteiger partial charge in [0, 0.05) is 43.4 Å². The summed E-state index contributed by atoms with van der Waals surface area (Å²) < 4.78 is 0. The average molecular weight is 445 g/mol. The van der Waals surface area contributed by atoms with Crippen LogP contribution in [-0.4, -0.2) is 25.9 Å². The third-order valence-electron chi connectivity index (χ3n) is 4.05. The van der Waals surface area contributed by atoms with Crippen LogP contribution in [0, 0.1) is 0 Å². The van der Waals surface area contributed by atoms with Gasteiger partial charge in [0.25, 0.3) is 11.8 Å². The Bertz CT molecular complexity index is 1060. The number of carbonyl (C=O) groups is 2. The highest BCUT2D eigenvalue weighted by Gasteiger charge is 2.14. The fourth-order valence-corrected chi connectivity index (χ4v) is 6.82. The zero-order valence-corrected chi connectivity index (χ0v) is 18.3. The summed E-state index contributed by atoms with van der Waals surface area (Å²) in [5.74, 6) is -0.106. The molecule has 142 valence electrons. The first-order chi connectivity index (χ1) is 13.6. The van der Waals surface area contributed by atoms with Gasteiger partial charge >= 0.3 is 0 Å². The van der Waals surface area contributed by atoms with E-state index in [0.29, 0.717) is 0 Å². The van der Waals surface area contributed by atoms with Crippen molar-refractivity contribution in [3.8, 4) is 29.3 Å². The van der Waals surface area contributed by atoms with Crippen LogP contribution in [0.3, 0.4) is 0 Å². The van der Waals surface area contributed by atoms with Gasteiger partial charge in [0.05, 0.1) is 9.75 Å². The maximum absolute atomic E-state index is 11.8. The van der Waals surface area contributed by atoms with E-state index in [9.17, 15) is 9.59 Å². The Hall–Kier alpha value is -2.26. The van der Waals surface area contributed by atoms with Crippen LogP contribution in [0.25, 0.3) is 29.3 Å². The summed E-state index contributed by atoms with van der Waals surface area (Å²) in [5.41, 5.74) is 0. The number of nitrogens with one attached hydrogen (secondary N) is 2. The molecule has 0 atom stereocenters. The second-order valence-corrected chi connectivity index (χ2v) is 10.1. The molecule has 8 heteroatoms. The number of amides is 2. The topological polar surface area (TPSA) is 58.2 Å². The Morgan fingerprint density at radius 1 is 0.536 bits per heavy atom. The van der Waals surface area contributed by atoms with E-state index in [4.69, 9.17) is 0 Å². The minimum Gasteiger partial charge on any atom is -0.354 e. The lowest BCUT2D eigenvalue weighted by molar-refractivity contribution is 0.0959. The van der Waals surface area contributed by atoms with E-state index in [1.807, 2.05) is 24.3 Å². The van der Waals surface area contributed by atoms with E-state index in [0.717, 1.165) is 29.3 Å². The van der Waals surface area contributed by atoms with Crippen LogP contribution in [0.2, 0.25) is 0 Å². The summed E-state index contributed by atoms with van der Waals surface area (Å²) in [6.45, 7) is 0. The van der Waals surface area contributed by atoms with E-state index in [-0.39, 0.29) is 11.8 Å². The molecule has 4 aromatic rings. The van der Waals surface area contributed by atoms with Gasteiger partial charge < -0.3 is 10.6 Å². The number of rotatable bonds is 5. The first kappa shape index (κ1) is 19.1. The van der Waals surface area contributed by atoms with Crippen LogP contribution in [-0.2, 0) is 0 Å². The van der Waals surface area contributed by atoms with Crippen molar-refractivity contribution in [2.24, 2.45) is 0 Å². The highest BCUT2D eigenvalue weighted by Crippen LogP contribution is 2.42. The molecular formula is C20H16N2O2S4. The Labute approximate surface area is 178 Å². The molecule has 0 bridgehead atoms. The van der Waals surface area contributed by atoms with Crippen molar-refractivity contribution >= 4 is 57.2 Å². The van der Waals surface area contributed by atoms with Gasteiger partial charge in [-0.3, -0.25) is 9.59 Å². The van der Waals surface area contributed by atoms with E-state index in [1.54, 1.807) is 36.8 Å². The molecule has 0 aliphatic carbocycles. The van der Waals surface area contributed by atoms with Crippen molar-refractivity contribution in [2.45, 2.75) is 0 Å². The van der Waals surface area contributed by atoms with Crippen molar-refractivity contribution in [3.63, 3.8) is 0 Å². The third kappa shape index (κ3) is 3.68. The van der Waals surface area contributed by atoms with Crippen molar-refractivity contribution in [3.05, 3.63) is 58.3 Å². The number of carbonyl (C=O) groups excluding carboxylic acids is 2. The predicted molar refractivity (Wildman–Crippen MR) is 121 cm³/mol. The third-order valence-corrected chi connectivity index (χ3v) is 8.98. The zero-order chi connectivity index (χ0) is 19.7. The predicted octanol–water partition coefficient (Wildman–Crippen LogP) is 5.65. The first-order valence-electron chi connectivity index (χ1n) is 8.43. The SMILES string of the molecule is CNC(=O)c1ccc(-c2ccc(-c3ccc(-c4ccc(C(=O)NC)s4)s3)s2)s1. The lowest BCUT2D eigenvalue weighted by atomic mass is 10.3. The summed E-state index contributed by atoms with van der Waals surface area (Å²) in [5, 5.41) is 5.32. The van der Waals surface area contributed by atoms with Crippen molar-refractivity contribution in [1.82, 2.24) is 10.6 Å². The fraction of sp³-hybridized carbons (Fsp3) is 0.100. The Morgan fingerprint density at radius 2 is 0.821 bits per heavy atom. The Balaban J connectivity index is 1.56. The molecule has 0 spiro atoms. The molecule has 0 aliphatic rings. The maximum Gasteiger partial charge on any atom is 0.261 e. The molecular weight excluding hydrogens is 429 g/mol. The van der Waals surface area contributed by atoms with Crippen LogP contribution in [0.15, 0.2) is 48.5 Å². The standard InChI is InChI=1S/C20H16N2O2S4/c1-21-19(23)17-9-7-15(27-17)13-5-3-11(25-13)12-4-6-14(26-12)16-8-10-18(28-16)20(24)22-2/h3-10H,1-2H3,(H,21,23)(H,22,24). The van der Waals surface area contributed by atoms with Gasteiger partial charge in [-0.1, -0.05) is 0 Å². The highest BCUT2D eigenvalue weighted by molar-refractivity contribution is 7.29. The van der Waals surface area contributed by atoms with Crippen LogP contribution in [0.1, 0.15) is 19.3 Å². The molecule has 0 fully saturated rings. The lowest BCUT2D eigenvalue weighted by Gasteiger charge is -1.94. The molecule has 2 amide bonds. The molecule has 0 saturated heterocycles. The summed E-state index contributed by atoms with van der Waals surface area (Å²) in [4.78, 5) is 31.9. The Kier molecular flexibility index (Phi) is 5.45. The van der Waals surface area contributed by atoms with Crippen LogP contribution >= 0.6 is 45.3 Å². The molecule has 4 heterocycles. The van der Waals surface area contributed by atoms with E-state index in [1.165, 1.54) is 32.4 Å². The van der Waals surface area contributed by atoms with Gasteiger partial charge in [-0.15, -0.1) is 45.3 Å². The largest absolute Gasteiger partial charge is 0.354 e. The van der Waals surface area contributed by atoms with Crippen molar-refractivity contribution in [2.75, 3.05) is 14.1 Å². The number of hydrogen-bond acceptors (Lipinski definition) is 6. The molecule has 4 nitrogen and oxygen atoms in total. The molecule has 0 aliphatic heterocycles. The van der Waals surface area contributed by atoms with Gasteiger partial charge in [0.2, 0.25) is 0 Å². The van der Waals surface area contributed by atoms with Crippen LogP contribution in [0.5, 0.6) is 0 Å². The molecule has 0 radical (unpaired) electrons. The lowest BCUT2D eigenvalue weighted by Crippen LogP contribution is -2.15. The van der Waals surface area contributed by atoms with E-state index >= 15 is 0 Å². The van der Waals surface area contributed by atoms with Gasteiger partial charge in [-0.05, 0) is 48.5 Å². The van der Waals surface area contributed by atoms with Gasteiger partial charge in [-0.25, -0.2) is 0 Å². The van der Waals surface area contributed by atoms with E-state index < -0.39 is 0 Å². The average Bonchev–Trinajstić information content (AvgIpc) is 3.49.